The number of carbonyl (C=O) groups excluding carboxylic acids is 3. The van der Waals surface area contributed by atoms with Gasteiger partial charge in [0.05, 0.1) is 29.0 Å². The predicted molar refractivity (Wildman–Crippen MR) is 148 cm³/mol. The van der Waals surface area contributed by atoms with Gasteiger partial charge >= 0.3 is 0 Å². The van der Waals surface area contributed by atoms with Crippen molar-refractivity contribution in [3.8, 4) is 6.07 Å². The van der Waals surface area contributed by atoms with Crippen molar-refractivity contribution in [2.24, 2.45) is 0 Å². The maximum absolute atomic E-state index is 14.7. The molecule has 1 saturated heterocycles. The number of hydrogen-bond acceptors (Lipinski definition) is 6. The lowest BCUT2D eigenvalue weighted by Crippen LogP contribution is -2.56. The molecule has 2 atom stereocenters. The molecule has 12 heteroatoms. The van der Waals surface area contributed by atoms with Crippen LogP contribution < -0.4 is 15.1 Å². The van der Waals surface area contributed by atoms with Crippen LogP contribution >= 0.6 is 0 Å². The number of carbonyl (C=O) groups is 3. The van der Waals surface area contributed by atoms with Crippen molar-refractivity contribution in [2.75, 3.05) is 9.80 Å². The van der Waals surface area contributed by atoms with Crippen molar-refractivity contribution < 1.29 is 23.2 Å². The molecule has 42 heavy (non-hydrogen) atoms. The first-order chi connectivity index (χ1) is 20.3. The second kappa shape index (κ2) is 10.7. The molecule has 1 unspecified atom stereocenters. The lowest BCUT2D eigenvalue weighted by Gasteiger charge is -2.39. The molecule has 4 aromatic rings. The second-order valence-electron chi connectivity index (χ2n) is 10.4. The molecule has 0 bridgehead atoms. The summed E-state index contributed by atoms with van der Waals surface area (Å²) in [6.45, 7) is 0. The highest BCUT2D eigenvalue weighted by Gasteiger charge is 2.48. The van der Waals surface area contributed by atoms with Gasteiger partial charge in [0.25, 0.3) is 11.8 Å². The monoisotopic (exact) mass is 569 g/mol. The average Bonchev–Trinajstić information content (AvgIpc) is 3.61. The van der Waals surface area contributed by atoms with Gasteiger partial charge in [-0.05, 0) is 30.2 Å². The van der Waals surface area contributed by atoms with Gasteiger partial charge in [0.1, 0.15) is 17.9 Å². The predicted octanol–water partition coefficient (Wildman–Crippen LogP) is 4.01. The molecule has 2 aromatic heterocycles. The average molecular weight is 570 g/mol. The smallest absolute Gasteiger partial charge is 0.252 e. The minimum atomic E-state index is -2.85. The Morgan fingerprint density at radius 2 is 1.93 bits per heavy atom. The fraction of sp³-hybridized carbons (Fsp3) is 0.267. The van der Waals surface area contributed by atoms with Gasteiger partial charge in [-0.15, -0.1) is 0 Å². The maximum Gasteiger partial charge on any atom is 0.252 e. The van der Waals surface area contributed by atoms with E-state index in [9.17, 15) is 28.4 Å². The van der Waals surface area contributed by atoms with Crippen molar-refractivity contribution in [2.45, 2.75) is 49.7 Å². The Morgan fingerprint density at radius 1 is 1.14 bits per heavy atom. The highest BCUT2D eigenvalue weighted by atomic mass is 19.3. The van der Waals surface area contributed by atoms with E-state index in [-0.39, 0.29) is 30.1 Å². The summed E-state index contributed by atoms with van der Waals surface area (Å²) in [5.74, 6) is -4.27. The first-order valence-electron chi connectivity index (χ1n) is 13.4. The summed E-state index contributed by atoms with van der Waals surface area (Å²) < 4.78 is 27.3. The van der Waals surface area contributed by atoms with E-state index in [1.165, 1.54) is 28.1 Å². The molecule has 1 aliphatic carbocycles. The van der Waals surface area contributed by atoms with Crippen LogP contribution in [0.25, 0.3) is 10.9 Å². The van der Waals surface area contributed by atoms with Crippen LogP contribution in [0, 0.1) is 11.3 Å². The van der Waals surface area contributed by atoms with E-state index in [2.05, 4.69) is 20.5 Å². The van der Waals surface area contributed by atoms with Gasteiger partial charge in [0, 0.05) is 36.9 Å². The number of hydrogen-bond donors (Lipinski definition) is 2. The molecule has 212 valence electrons. The van der Waals surface area contributed by atoms with Crippen LogP contribution in [0.4, 0.5) is 20.3 Å². The van der Waals surface area contributed by atoms with E-state index < -0.39 is 48.7 Å². The third-order valence-corrected chi connectivity index (χ3v) is 7.63. The quantitative estimate of drug-likeness (QED) is 0.345. The largest absolute Gasteiger partial charge is 0.351 e. The standard InChI is InChI=1S/C30H25F2N7O3/c31-30(32)14-21(15-30)36-28(41)27(19-5-2-1-3-6-19)39(22-8-4-7-20-17-35-37-26(20)22)29(42)23-9-10-25(40)38(23)24-13-18(16-33)11-12-34-24/h1-8,11-13,17,21,23,27H,9-10,14-15H2,(H,35,37)(H,36,41)/t23-,27?/m0/s1. The van der Waals surface area contributed by atoms with E-state index in [4.69, 9.17) is 0 Å². The third kappa shape index (κ3) is 4.94. The number of aromatic nitrogens is 3. The van der Waals surface area contributed by atoms with Gasteiger partial charge < -0.3 is 5.32 Å². The highest BCUT2D eigenvalue weighted by molar-refractivity contribution is 6.13. The van der Waals surface area contributed by atoms with Crippen molar-refractivity contribution in [3.63, 3.8) is 0 Å². The molecule has 3 amide bonds. The zero-order chi connectivity index (χ0) is 29.4. The van der Waals surface area contributed by atoms with Crippen molar-refractivity contribution >= 4 is 40.1 Å². The Morgan fingerprint density at radius 3 is 2.67 bits per heavy atom. The third-order valence-electron chi connectivity index (χ3n) is 7.63. The van der Waals surface area contributed by atoms with E-state index in [0.717, 1.165) is 0 Å². The first kappa shape index (κ1) is 27.0. The highest BCUT2D eigenvalue weighted by Crippen LogP contribution is 2.39. The van der Waals surface area contributed by atoms with Crippen LogP contribution in [0.3, 0.4) is 0 Å². The van der Waals surface area contributed by atoms with Crippen LogP contribution in [0.15, 0.2) is 73.1 Å². The number of aromatic amines is 1. The van der Waals surface area contributed by atoms with E-state index in [0.29, 0.717) is 22.2 Å². The minimum absolute atomic E-state index is 0.0519. The van der Waals surface area contributed by atoms with Crippen LogP contribution in [0.2, 0.25) is 0 Å². The topological polar surface area (TPSA) is 135 Å². The minimum Gasteiger partial charge on any atom is -0.351 e. The number of fused-ring (bicyclic) bond motifs is 1. The van der Waals surface area contributed by atoms with Crippen molar-refractivity contribution in [1.29, 1.82) is 5.26 Å². The van der Waals surface area contributed by atoms with E-state index in [1.807, 2.05) is 6.07 Å². The number of nitrogens with zero attached hydrogens (tertiary/aromatic N) is 5. The zero-order valence-electron chi connectivity index (χ0n) is 22.2. The fourth-order valence-corrected chi connectivity index (χ4v) is 5.62. The lowest BCUT2D eigenvalue weighted by atomic mass is 9.87. The van der Waals surface area contributed by atoms with Gasteiger partial charge in [-0.25, -0.2) is 13.8 Å². The molecule has 10 nitrogen and oxygen atoms in total. The Labute approximate surface area is 238 Å². The van der Waals surface area contributed by atoms with Gasteiger partial charge in [0.2, 0.25) is 11.8 Å². The van der Waals surface area contributed by atoms with Gasteiger partial charge in [0.15, 0.2) is 0 Å². The summed E-state index contributed by atoms with van der Waals surface area (Å²) >= 11 is 0. The molecule has 2 aliphatic rings. The molecule has 0 spiro atoms. The fourth-order valence-electron chi connectivity index (χ4n) is 5.62. The number of nitriles is 1. The summed E-state index contributed by atoms with van der Waals surface area (Å²) in [7, 11) is 0. The van der Waals surface area contributed by atoms with Crippen molar-refractivity contribution in [3.05, 3.63) is 84.2 Å². The normalized spacial score (nSPS) is 18.7. The molecule has 2 aromatic carbocycles. The van der Waals surface area contributed by atoms with Gasteiger partial charge in [-0.3, -0.25) is 29.3 Å². The number of pyridine rings is 1. The second-order valence-corrected chi connectivity index (χ2v) is 10.4. The number of amides is 3. The summed E-state index contributed by atoms with van der Waals surface area (Å²) in [5, 5.41) is 19.8. The van der Waals surface area contributed by atoms with Crippen LogP contribution in [0.1, 0.15) is 42.9 Å². The number of benzene rings is 2. The number of anilines is 2. The van der Waals surface area contributed by atoms with Gasteiger partial charge in [-0.1, -0.05) is 42.5 Å². The number of halogens is 2. The first-order valence-corrected chi connectivity index (χ1v) is 13.4. The van der Waals surface area contributed by atoms with E-state index >= 15 is 0 Å². The molecule has 1 aliphatic heterocycles. The summed E-state index contributed by atoms with van der Waals surface area (Å²) in [4.78, 5) is 48.6. The Balaban J connectivity index is 1.47. The Bertz CT molecular complexity index is 1710. The number of nitrogens with one attached hydrogen (secondary N) is 2. The molecule has 6 rings (SSSR count). The zero-order valence-corrected chi connectivity index (χ0v) is 22.2. The molecule has 1 saturated carbocycles. The molecule has 2 N–H and O–H groups in total. The summed E-state index contributed by atoms with van der Waals surface area (Å²) in [6.07, 6.45) is 2.18. The number of rotatable bonds is 7. The van der Waals surface area contributed by atoms with E-state index in [1.54, 1.807) is 54.7 Å². The SMILES string of the molecule is N#Cc1ccnc(N2C(=O)CC[C@H]2C(=O)N(c2cccc3cn[nH]c23)C(C(=O)NC2CC(F)(F)C2)c2ccccc2)c1. The van der Waals surface area contributed by atoms with Crippen LogP contribution in [-0.2, 0) is 14.4 Å². The Hall–Kier alpha value is -5.18. The molecule has 0 radical (unpaired) electrons. The molecule has 3 heterocycles. The summed E-state index contributed by atoms with van der Waals surface area (Å²) in [6, 6.07) is 15.6. The van der Waals surface area contributed by atoms with Crippen LogP contribution in [-0.4, -0.2) is 50.9 Å². The number of para-hydroxylation sites is 1. The van der Waals surface area contributed by atoms with Gasteiger partial charge in [-0.2, -0.15) is 10.4 Å². The molecular formula is C30H25F2N7O3. The maximum atomic E-state index is 14.7. The summed E-state index contributed by atoms with van der Waals surface area (Å²) in [5.41, 5.74) is 1.53. The number of H-pyrrole nitrogens is 1. The number of alkyl halides is 2. The Kier molecular flexibility index (Phi) is 6.86. The van der Waals surface area contributed by atoms with Crippen LogP contribution in [0.5, 0.6) is 0 Å². The van der Waals surface area contributed by atoms with Crippen molar-refractivity contribution in [1.82, 2.24) is 20.5 Å². The lowest BCUT2D eigenvalue weighted by molar-refractivity contribution is -0.133. The molecular weight excluding hydrogens is 544 g/mol. The molecule has 2 fully saturated rings.